The monoisotopic (exact) mass is 1690 g/mol. The molecule has 2 fully saturated rings. The molecule has 7 unspecified atom stereocenters. The van der Waals surface area contributed by atoms with Gasteiger partial charge in [0.05, 0.1) is 57.5 Å². The number of esters is 1. The maximum absolute atomic E-state index is 13.7. The van der Waals surface area contributed by atoms with Crippen molar-refractivity contribution in [2.45, 2.75) is 426 Å². The van der Waals surface area contributed by atoms with Gasteiger partial charge in [0.2, 0.25) is 30.1 Å². The van der Waals surface area contributed by atoms with Gasteiger partial charge in [0, 0.05) is 25.0 Å². The second-order valence-electron chi connectivity index (χ2n) is 33.7. The highest BCUT2D eigenvalue weighted by Crippen LogP contribution is 2.55. The summed E-state index contributed by atoms with van der Waals surface area (Å²) in [6, 6.07) is 5.35. The number of benzene rings is 1. The number of amides is 2. The smallest absolute Gasteiger partial charge is 0.351 e. The number of H-pyrrole nitrogens is 1. The molecule has 5 heterocycles. The van der Waals surface area contributed by atoms with Crippen molar-refractivity contribution < 1.29 is 56.4 Å². The summed E-state index contributed by atoms with van der Waals surface area (Å²) >= 11 is 6.01. The molecule has 0 saturated carbocycles. The standard InChI is InChI=1S/C93H156N9O14PS/c1-9-13-16-19-22-25-28-31-34-37-40-43-46-49-52-55-63-108-79-68-76(69-80(109-64-56-53-50-47-44-41-38-35-32-29-26-23-20-17-14-10-2)88(79)110-65-57-54-51-48-45-42-39-36-33-30-27-24-21-18-15-11-3)71-111-86(104)59-58-83(103)96-82-60-62-101(93(107)97-82)84-67-75(7)81(115-84)72-113-117(118,112-66-61-94-8)116-78-70-85(114-77(78)12-4)102-73-95-87-89(102)98-92(100-91(87)106)99-90(105)74(5)6/h60,62,68-69,73-75,77-78,81,84-85H,9-59,61,63-67,70-72H2,1-7H3,(H,96,97,103,107)(H2,98,99,100,105,106). The van der Waals surface area contributed by atoms with Crippen LogP contribution in [0.5, 0.6) is 17.2 Å². The quantitative estimate of drug-likeness (QED) is 0.0161. The summed E-state index contributed by atoms with van der Waals surface area (Å²) in [5.74, 6) is -0.0975. The Morgan fingerprint density at radius 1 is 0.576 bits per heavy atom. The van der Waals surface area contributed by atoms with Gasteiger partial charge < -0.3 is 52.2 Å². The summed E-state index contributed by atoms with van der Waals surface area (Å²) < 4.78 is 60.8. The van der Waals surface area contributed by atoms with Gasteiger partial charge in [0.25, 0.3) is 5.56 Å². The van der Waals surface area contributed by atoms with Crippen LogP contribution in [-0.4, -0.2) is 105 Å². The van der Waals surface area contributed by atoms with Gasteiger partial charge in [0.15, 0.2) is 22.7 Å². The lowest BCUT2D eigenvalue weighted by atomic mass is 10.0. The lowest BCUT2D eigenvalue weighted by Crippen LogP contribution is -2.29. The number of ether oxygens (including phenoxy) is 6. The third-order valence-corrected chi connectivity index (χ3v) is 25.3. The van der Waals surface area contributed by atoms with E-state index in [2.05, 4.69) is 56.2 Å². The van der Waals surface area contributed by atoms with Crippen LogP contribution in [0.2, 0.25) is 0 Å². The van der Waals surface area contributed by atoms with E-state index in [0.717, 1.165) is 38.5 Å². The van der Waals surface area contributed by atoms with E-state index in [1.54, 1.807) is 18.4 Å². The molecule has 1 aromatic carbocycles. The Morgan fingerprint density at radius 2 is 1.03 bits per heavy atom. The van der Waals surface area contributed by atoms with Gasteiger partial charge in [-0.05, 0) is 73.6 Å². The number of nitrogens with zero attached hydrogens (tertiary/aromatic N) is 6. The van der Waals surface area contributed by atoms with E-state index in [9.17, 15) is 24.0 Å². The van der Waals surface area contributed by atoms with Crippen molar-refractivity contribution in [3.05, 3.63) is 68.5 Å². The van der Waals surface area contributed by atoms with Crippen LogP contribution in [0.4, 0.5) is 11.8 Å². The van der Waals surface area contributed by atoms with Crippen LogP contribution in [0, 0.1) is 18.4 Å². The van der Waals surface area contributed by atoms with Crippen LogP contribution < -0.4 is 36.1 Å². The number of hydrogen-bond acceptors (Lipinski definition) is 18. The van der Waals surface area contributed by atoms with E-state index in [1.165, 1.54) is 293 Å². The van der Waals surface area contributed by atoms with Crippen molar-refractivity contribution in [3.63, 3.8) is 0 Å². The molecule has 6 rings (SSSR count). The first-order valence-corrected chi connectivity index (χ1v) is 49.7. The van der Waals surface area contributed by atoms with E-state index in [-0.39, 0.29) is 86.3 Å². The molecule has 4 aromatic rings. The van der Waals surface area contributed by atoms with Crippen molar-refractivity contribution in [1.29, 1.82) is 0 Å². The van der Waals surface area contributed by atoms with Crippen LogP contribution in [0.15, 0.2) is 40.3 Å². The van der Waals surface area contributed by atoms with E-state index >= 15 is 0 Å². The normalized spacial score (nSPS) is 17.2. The zero-order chi connectivity index (χ0) is 84.5. The summed E-state index contributed by atoms with van der Waals surface area (Å²) in [5, 5.41) is 5.33. The van der Waals surface area contributed by atoms with Crippen molar-refractivity contribution in [3.8, 4) is 17.2 Å². The molecule has 23 nitrogen and oxygen atoms in total. The molecule has 25 heteroatoms. The molecule has 3 N–H and O–H groups in total. The minimum atomic E-state index is -3.59. The van der Waals surface area contributed by atoms with Crippen molar-refractivity contribution in [1.82, 2.24) is 29.1 Å². The van der Waals surface area contributed by atoms with Gasteiger partial charge in [0.1, 0.15) is 31.5 Å². The molecule has 2 aliphatic heterocycles. The van der Waals surface area contributed by atoms with E-state index in [1.807, 2.05) is 26.0 Å². The Hall–Kier alpha value is -5.80. The van der Waals surface area contributed by atoms with Gasteiger partial charge in [-0.2, -0.15) is 9.97 Å². The maximum atomic E-state index is 13.7. The van der Waals surface area contributed by atoms with Crippen LogP contribution in [-0.2, 0) is 60.6 Å². The Labute approximate surface area is 714 Å². The Kier molecular flexibility index (Phi) is 53.3. The average Bonchev–Trinajstić information content (AvgIpc) is 1.62. The summed E-state index contributed by atoms with van der Waals surface area (Å²) in [6.45, 7) is 19.4. The molecule has 3 aromatic heterocycles. The predicted molar refractivity (Wildman–Crippen MR) is 478 cm³/mol. The molecular weight excluding hydrogens is 1530 g/mol. The Balaban J connectivity index is 1.02. The van der Waals surface area contributed by atoms with Gasteiger partial charge in [-0.1, -0.05) is 337 Å². The average molecular weight is 1690 g/mol. The number of unbranched alkanes of at least 4 members (excludes halogenated alkanes) is 45. The first-order chi connectivity index (χ1) is 57.6. The number of imidazole rings is 1. The van der Waals surface area contributed by atoms with Crippen molar-refractivity contribution in [2.24, 2.45) is 11.8 Å². The lowest BCUT2D eigenvalue weighted by Gasteiger charge is -2.28. The van der Waals surface area contributed by atoms with Gasteiger partial charge in [-0.3, -0.25) is 38.6 Å². The highest BCUT2D eigenvalue weighted by Gasteiger charge is 2.43. The number of fused-ring (bicyclic) bond motifs is 1. The lowest BCUT2D eigenvalue weighted by molar-refractivity contribution is -0.146. The minimum Gasteiger partial charge on any atom is -0.490 e. The topological polar surface area (TPSA) is 261 Å². The zero-order valence-electron chi connectivity index (χ0n) is 74.1. The molecule has 118 heavy (non-hydrogen) atoms. The largest absolute Gasteiger partial charge is 0.490 e. The zero-order valence-corrected chi connectivity index (χ0v) is 75.8. The number of nitrogens with one attached hydrogen (secondary N) is 3. The first-order valence-electron chi connectivity index (χ1n) is 47.2. The summed E-state index contributed by atoms with van der Waals surface area (Å²) in [4.78, 5) is 85.2. The van der Waals surface area contributed by atoms with Crippen LogP contribution in [0.3, 0.4) is 0 Å². The van der Waals surface area contributed by atoms with Gasteiger partial charge in [-0.15, -0.1) is 0 Å². The fourth-order valence-electron chi connectivity index (χ4n) is 15.6. The van der Waals surface area contributed by atoms with Crippen molar-refractivity contribution in [2.75, 3.05) is 50.2 Å². The molecule has 2 amide bonds. The summed E-state index contributed by atoms with van der Waals surface area (Å²) in [7, 11) is 0. The number of hydrogen-bond donors (Lipinski definition) is 3. The molecule has 2 saturated heterocycles. The number of carbonyl (C=O) groups excluding carboxylic acids is 3. The molecule has 0 aliphatic carbocycles. The SMILES string of the molecule is [C-]#[N+]CCOP(=S)(OCC1OC(n2ccc(NC(=O)CCC(=O)OCc3cc(OCCCCCCCCCCCCCCCCCC)c(OCCCCCCCCCCCCCCCCCC)c(OCCCCCCCCCCCCCCCCCC)c3)nc2=O)CC1C)OC1CC(n2cnc3c(=O)[nH]c(NC(=O)C(C)C)nc32)OC1CC. The fourth-order valence-corrected chi connectivity index (χ4v) is 17.7. The van der Waals surface area contributed by atoms with E-state index in [0.29, 0.717) is 55.5 Å². The fraction of sp³-hybridized carbons (Fsp3) is 0.796. The summed E-state index contributed by atoms with van der Waals surface area (Å²) in [6.07, 6.45) is 62.7. The molecular formula is C93H156N9O14PS. The molecule has 0 spiro atoms. The van der Waals surface area contributed by atoms with Crippen molar-refractivity contribution >= 4 is 59.2 Å². The summed E-state index contributed by atoms with van der Waals surface area (Å²) in [5.41, 5.74) is -0.215. The number of aromatic amines is 1. The molecule has 0 radical (unpaired) electrons. The Bertz CT molecular complexity index is 3530. The highest BCUT2D eigenvalue weighted by atomic mass is 32.5. The second-order valence-corrected chi connectivity index (χ2v) is 36.7. The number of anilines is 2. The third kappa shape index (κ3) is 41.4. The van der Waals surface area contributed by atoms with Crippen LogP contribution >= 0.6 is 6.72 Å². The third-order valence-electron chi connectivity index (χ3n) is 22.9. The predicted octanol–water partition coefficient (Wildman–Crippen LogP) is 24.5. The molecule has 2 aliphatic rings. The molecule has 7 atom stereocenters. The van der Waals surface area contributed by atoms with Gasteiger partial charge in [-0.25, -0.2) is 16.4 Å². The molecule has 0 bridgehead atoms. The highest BCUT2D eigenvalue weighted by molar-refractivity contribution is 8.07. The number of carbonyl (C=O) groups is 3. The Morgan fingerprint density at radius 3 is 1.47 bits per heavy atom. The second kappa shape index (κ2) is 62.3. The van der Waals surface area contributed by atoms with Gasteiger partial charge >= 0.3 is 18.4 Å². The van der Waals surface area contributed by atoms with Crippen LogP contribution in [0.25, 0.3) is 16.0 Å². The molecule has 668 valence electrons. The minimum absolute atomic E-state index is 0.0138. The van der Waals surface area contributed by atoms with E-state index in [4.69, 9.17) is 60.4 Å². The number of rotatable bonds is 73. The van der Waals surface area contributed by atoms with Crippen LogP contribution in [0.1, 0.15) is 407 Å². The maximum Gasteiger partial charge on any atom is 0.351 e. The van der Waals surface area contributed by atoms with E-state index < -0.39 is 60.6 Å². The first kappa shape index (κ1) is 101. The number of aromatic nitrogens is 6.